The van der Waals surface area contributed by atoms with Gasteiger partial charge in [0.1, 0.15) is 5.01 Å². The van der Waals surface area contributed by atoms with Crippen molar-refractivity contribution in [1.82, 2.24) is 4.98 Å². The van der Waals surface area contributed by atoms with Gasteiger partial charge in [0.2, 0.25) is 0 Å². The highest BCUT2D eigenvalue weighted by molar-refractivity contribution is 7.15. The van der Waals surface area contributed by atoms with E-state index in [0.29, 0.717) is 25.5 Å². The molecule has 0 saturated carbocycles. The van der Waals surface area contributed by atoms with Crippen molar-refractivity contribution >= 4 is 40.5 Å². The summed E-state index contributed by atoms with van der Waals surface area (Å²) in [6.45, 7) is 1.71. The van der Waals surface area contributed by atoms with E-state index >= 15 is 0 Å². The molecule has 0 aliphatic carbocycles. The molecule has 0 saturated heterocycles. The Bertz CT molecular complexity index is 595. The van der Waals surface area contributed by atoms with Gasteiger partial charge in [-0.15, -0.1) is 11.3 Å². The van der Waals surface area contributed by atoms with E-state index < -0.39 is 5.97 Å². The second-order valence-corrected chi connectivity index (χ2v) is 5.32. The Balaban J connectivity index is 2.58. The van der Waals surface area contributed by atoms with Gasteiger partial charge in [-0.25, -0.2) is 9.78 Å². The first kappa shape index (κ1) is 12.4. The number of thiazole rings is 1. The molecule has 17 heavy (non-hydrogen) atoms. The van der Waals surface area contributed by atoms with Crippen LogP contribution in [0.1, 0.15) is 15.4 Å². The van der Waals surface area contributed by atoms with Crippen LogP contribution < -0.4 is 0 Å². The van der Waals surface area contributed by atoms with E-state index in [4.69, 9.17) is 28.3 Å². The van der Waals surface area contributed by atoms with Crippen molar-refractivity contribution < 1.29 is 9.90 Å². The van der Waals surface area contributed by atoms with Crippen molar-refractivity contribution in [2.24, 2.45) is 0 Å². The fourth-order valence-electron chi connectivity index (χ4n) is 1.38. The summed E-state index contributed by atoms with van der Waals surface area (Å²) >= 11 is 13.2. The molecule has 0 bridgehead atoms. The van der Waals surface area contributed by atoms with Crippen molar-refractivity contribution in [3.8, 4) is 10.6 Å². The zero-order valence-corrected chi connectivity index (χ0v) is 11.0. The lowest BCUT2D eigenvalue weighted by molar-refractivity contribution is 0.0690. The van der Waals surface area contributed by atoms with Crippen LogP contribution in [0.2, 0.25) is 10.0 Å². The van der Waals surface area contributed by atoms with Crippen LogP contribution in [-0.4, -0.2) is 16.1 Å². The van der Waals surface area contributed by atoms with Gasteiger partial charge >= 0.3 is 5.97 Å². The molecule has 0 unspecified atom stereocenters. The van der Waals surface area contributed by atoms with Crippen LogP contribution >= 0.6 is 34.5 Å². The molecular weight excluding hydrogens is 281 g/mol. The van der Waals surface area contributed by atoms with Gasteiger partial charge in [0.15, 0.2) is 5.69 Å². The number of aromatic carboxylic acids is 1. The third kappa shape index (κ3) is 2.29. The lowest BCUT2D eigenvalue weighted by Crippen LogP contribution is -1.98. The average Bonchev–Trinajstić information content (AvgIpc) is 2.64. The molecule has 0 spiro atoms. The van der Waals surface area contributed by atoms with Gasteiger partial charge in [0, 0.05) is 10.4 Å². The summed E-state index contributed by atoms with van der Waals surface area (Å²) in [6.07, 6.45) is 0. The summed E-state index contributed by atoms with van der Waals surface area (Å²) in [6, 6.07) is 5.19. The highest BCUT2D eigenvalue weighted by Crippen LogP contribution is 2.36. The topological polar surface area (TPSA) is 50.2 Å². The maximum atomic E-state index is 10.9. The van der Waals surface area contributed by atoms with Crippen molar-refractivity contribution in [2.75, 3.05) is 0 Å². The normalized spacial score (nSPS) is 10.5. The number of nitrogens with zero attached hydrogens (tertiary/aromatic N) is 1. The van der Waals surface area contributed by atoms with E-state index in [1.807, 2.05) is 0 Å². The molecule has 1 heterocycles. The summed E-state index contributed by atoms with van der Waals surface area (Å²) in [5.41, 5.74) is 0.709. The molecule has 2 rings (SSSR count). The minimum absolute atomic E-state index is 0.0565. The predicted molar refractivity (Wildman–Crippen MR) is 69.3 cm³/mol. The Morgan fingerprint density at radius 1 is 1.41 bits per heavy atom. The fourth-order valence-corrected chi connectivity index (χ4v) is 2.76. The second kappa shape index (κ2) is 4.64. The second-order valence-electron chi connectivity index (χ2n) is 3.33. The summed E-state index contributed by atoms with van der Waals surface area (Å²) in [4.78, 5) is 15.6. The molecule has 3 nitrogen and oxygen atoms in total. The molecule has 1 aromatic carbocycles. The Labute approximate surface area is 112 Å². The number of aromatic nitrogens is 1. The highest BCUT2D eigenvalue weighted by atomic mass is 35.5. The molecule has 88 valence electrons. The van der Waals surface area contributed by atoms with E-state index in [-0.39, 0.29) is 5.69 Å². The third-order valence-corrected chi connectivity index (χ3v) is 4.00. The number of carboxylic acids is 1. The van der Waals surface area contributed by atoms with Crippen molar-refractivity contribution in [3.05, 3.63) is 38.8 Å². The molecular formula is C11H7Cl2NO2S. The molecule has 1 N–H and O–H groups in total. The molecule has 1 aromatic heterocycles. The zero-order chi connectivity index (χ0) is 12.6. The van der Waals surface area contributed by atoms with Crippen LogP contribution in [0, 0.1) is 6.92 Å². The molecule has 0 aliphatic rings. The number of carboxylic acid groups (broad SMARTS) is 1. The molecule has 6 heteroatoms. The number of halogens is 2. The summed E-state index contributed by atoms with van der Waals surface area (Å²) in [5.74, 6) is -1.04. The van der Waals surface area contributed by atoms with Gasteiger partial charge < -0.3 is 5.11 Å². The lowest BCUT2D eigenvalue weighted by Gasteiger charge is -2.01. The van der Waals surface area contributed by atoms with Crippen LogP contribution in [0.3, 0.4) is 0 Å². The molecule has 0 aliphatic heterocycles. The van der Waals surface area contributed by atoms with E-state index in [1.165, 1.54) is 11.3 Å². The van der Waals surface area contributed by atoms with Crippen LogP contribution in [0.4, 0.5) is 0 Å². The Morgan fingerprint density at radius 2 is 2.12 bits per heavy atom. The third-order valence-electron chi connectivity index (χ3n) is 2.18. The maximum Gasteiger partial charge on any atom is 0.355 e. The number of aryl methyl sites for hydroxylation is 1. The Hall–Kier alpha value is -1.10. The first-order chi connectivity index (χ1) is 8.00. The van der Waals surface area contributed by atoms with Crippen molar-refractivity contribution in [3.63, 3.8) is 0 Å². The number of rotatable bonds is 2. The van der Waals surface area contributed by atoms with Crippen LogP contribution in [0.5, 0.6) is 0 Å². The summed E-state index contributed by atoms with van der Waals surface area (Å²) in [5, 5.41) is 10.3. The number of benzene rings is 1. The maximum absolute atomic E-state index is 10.9. The van der Waals surface area contributed by atoms with E-state index in [1.54, 1.807) is 25.1 Å². The van der Waals surface area contributed by atoms with E-state index in [9.17, 15) is 4.79 Å². The van der Waals surface area contributed by atoms with E-state index in [2.05, 4.69) is 4.98 Å². The SMILES string of the molecule is Cc1sc(-c2cccc(Cl)c2Cl)nc1C(=O)O. The Kier molecular flexibility index (Phi) is 3.38. The first-order valence-electron chi connectivity index (χ1n) is 4.66. The van der Waals surface area contributed by atoms with Gasteiger partial charge in [-0.3, -0.25) is 0 Å². The summed E-state index contributed by atoms with van der Waals surface area (Å²) in [7, 11) is 0. The molecule has 0 atom stereocenters. The van der Waals surface area contributed by atoms with Gasteiger partial charge in [0.05, 0.1) is 10.0 Å². The molecule has 0 radical (unpaired) electrons. The fraction of sp³-hybridized carbons (Fsp3) is 0.0909. The summed E-state index contributed by atoms with van der Waals surface area (Å²) < 4.78 is 0. The number of hydrogen-bond acceptors (Lipinski definition) is 3. The van der Waals surface area contributed by atoms with E-state index in [0.717, 1.165) is 0 Å². The highest BCUT2D eigenvalue weighted by Gasteiger charge is 2.17. The van der Waals surface area contributed by atoms with Crippen LogP contribution in [0.15, 0.2) is 18.2 Å². The first-order valence-corrected chi connectivity index (χ1v) is 6.23. The van der Waals surface area contributed by atoms with Gasteiger partial charge in [0.25, 0.3) is 0 Å². The smallest absolute Gasteiger partial charge is 0.355 e. The molecule has 0 amide bonds. The van der Waals surface area contributed by atoms with Crippen LogP contribution in [0.25, 0.3) is 10.6 Å². The quantitative estimate of drug-likeness (QED) is 0.904. The minimum atomic E-state index is -1.04. The van der Waals surface area contributed by atoms with Crippen molar-refractivity contribution in [1.29, 1.82) is 0 Å². The van der Waals surface area contributed by atoms with Gasteiger partial charge in [-0.1, -0.05) is 35.3 Å². The van der Waals surface area contributed by atoms with Crippen molar-refractivity contribution in [2.45, 2.75) is 6.92 Å². The number of carbonyl (C=O) groups is 1. The standard InChI is InChI=1S/C11H7Cl2NO2S/c1-5-9(11(15)16)14-10(17-5)6-3-2-4-7(12)8(6)13/h2-4H,1H3,(H,15,16). The number of hydrogen-bond donors (Lipinski definition) is 1. The minimum Gasteiger partial charge on any atom is -0.476 e. The molecule has 0 fully saturated rings. The molecule has 2 aromatic rings. The zero-order valence-electron chi connectivity index (χ0n) is 8.70. The lowest BCUT2D eigenvalue weighted by atomic mass is 10.2. The van der Waals surface area contributed by atoms with Gasteiger partial charge in [-0.2, -0.15) is 0 Å². The Morgan fingerprint density at radius 3 is 2.71 bits per heavy atom. The van der Waals surface area contributed by atoms with Gasteiger partial charge in [-0.05, 0) is 13.0 Å². The van der Waals surface area contributed by atoms with Crippen LogP contribution in [-0.2, 0) is 0 Å². The largest absolute Gasteiger partial charge is 0.476 e. The average molecular weight is 288 g/mol. The predicted octanol–water partition coefficient (Wildman–Crippen LogP) is 4.12. The monoisotopic (exact) mass is 287 g/mol.